The average Bonchev–Trinajstić information content (AvgIpc) is 3.28. The van der Waals surface area contributed by atoms with Crippen LogP contribution in [0.2, 0.25) is 0 Å². The highest BCUT2D eigenvalue weighted by molar-refractivity contribution is 7.13. The molecule has 28 heavy (non-hydrogen) atoms. The molecule has 3 heterocycles. The van der Waals surface area contributed by atoms with Crippen LogP contribution in [0.1, 0.15) is 36.5 Å². The summed E-state index contributed by atoms with van der Waals surface area (Å²) in [6.45, 7) is 3.13. The lowest BCUT2D eigenvalue weighted by Crippen LogP contribution is -2.42. The summed E-state index contributed by atoms with van der Waals surface area (Å²) in [5.74, 6) is -0.612. The molecule has 1 aliphatic rings. The quantitative estimate of drug-likeness (QED) is 0.611. The normalized spacial score (nSPS) is 15.4. The third-order valence-electron chi connectivity index (χ3n) is 5.01. The van der Waals surface area contributed by atoms with Crippen LogP contribution in [0.25, 0.3) is 21.5 Å². The standard InChI is InChI=1S/C22H22N2O3S/c1-15(21(25)24-11-5-2-6-12-24)27-22(26)17-14-19(20-10-7-13-28-20)23-18-9-4-3-8-16(17)18/h3-4,7-10,13-15H,2,5-6,11-12H2,1H3/t15-/m1/s1. The Balaban J connectivity index is 1.62. The first-order chi connectivity index (χ1) is 13.6. The number of hydrogen-bond donors (Lipinski definition) is 0. The van der Waals surface area contributed by atoms with Crippen molar-refractivity contribution in [3.63, 3.8) is 0 Å². The van der Waals surface area contributed by atoms with E-state index in [2.05, 4.69) is 4.98 Å². The van der Waals surface area contributed by atoms with Gasteiger partial charge < -0.3 is 9.64 Å². The summed E-state index contributed by atoms with van der Waals surface area (Å²) in [6.07, 6.45) is 2.35. The maximum Gasteiger partial charge on any atom is 0.339 e. The molecule has 1 atom stereocenters. The molecule has 0 spiro atoms. The highest BCUT2D eigenvalue weighted by Crippen LogP contribution is 2.28. The van der Waals surface area contributed by atoms with Crippen molar-refractivity contribution in [2.24, 2.45) is 0 Å². The number of pyridine rings is 1. The van der Waals surface area contributed by atoms with Gasteiger partial charge in [0.25, 0.3) is 5.91 Å². The Kier molecular flexibility index (Phi) is 5.39. The number of ether oxygens (including phenoxy) is 1. The molecule has 0 aliphatic carbocycles. The molecule has 1 amide bonds. The second-order valence-corrected chi connectivity index (χ2v) is 7.93. The van der Waals surface area contributed by atoms with Crippen molar-refractivity contribution in [2.75, 3.05) is 13.1 Å². The number of rotatable bonds is 4. The van der Waals surface area contributed by atoms with Crippen molar-refractivity contribution in [3.8, 4) is 10.6 Å². The van der Waals surface area contributed by atoms with Gasteiger partial charge in [-0.25, -0.2) is 9.78 Å². The van der Waals surface area contributed by atoms with E-state index in [-0.39, 0.29) is 5.91 Å². The van der Waals surface area contributed by atoms with Gasteiger partial charge in [-0.15, -0.1) is 11.3 Å². The van der Waals surface area contributed by atoms with Crippen molar-refractivity contribution in [2.45, 2.75) is 32.3 Å². The maximum absolute atomic E-state index is 13.0. The number of carbonyl (C=O) groups excluding carboxylic acids is 2. The van der Waals surface area contributed by atoms with Gasteiger partial charge in [0.15, 0.2) is 6.10 Å². The van der Waals surface area contributed by atoms with Crippen LogP contribution in [0.3, 0.4) is 0 Å². The lowest BCUT2D eigenvalue weighted by Gasteiger charge is -2.29. The summed E-state index contributed by atoms with van der Waals surface area (Å²) in [6, 6.07) is 13.2. The van der Waals surface area contributed by atoms with Gasteiger partial charge in [0, 0.05) is 18.5 Å². The molecule has 0 unspecified atom stereocenters. The van der Waals surface area contributed by atoms with Gasteiger partial charge in [0.2, 0.25) is 0 Å². The van der Waals surface area contributed by atoms with Crippen LogP contribution in [0, 0.1) is 0 Å². The number of para-hydroxylation sites is 1. The molecule has 6 heteroatoms. The molecule has 3 aromatic rings. The van der Waals surface area contributed by atoms with E-state index >= 15 is 0 Å². The molecule has 0 bridgehead atoms. The highest BCUT2D eigenvalue weighted by atomic mass is 32.1. The van der Waals surface area contributed by atoms with Gasteiger partial charge in [-0.05, 0) is 49.8 Å². The number of hydrogen-bond acceptors (Lipinski definition) is 5. The first-order valence-corrected chi connectivity index (χ1v) is 10.4. The average molecular weight is 394 g/mol. The summed E-state index contributed by atoms with van der Waals surface area (Å²) in [5, 5.41) is 2.70. The first-order valence-electron chi connectivity index (χ1n) is 9.57. The van der Waals surface area contributed by atoms with E-state index in [1.807, 2.05) is 41.8 Å². The smallest absolute Gasteiger partial charge is 0.339 e. The molecule has 144 valence electrons. The third kappa shape index (κ3) is 3.78. The SMILES string of the molecule is C[C@@H](OC(=O)c1cc(-c2cccs2)nc2ccccc12)C(=O)N1CCCCC1. The number of benzene rings is 1. The van der Waals surface area contributed by atoms with Crippen LogP contribution >= 0.6 is 11.3 Å². The van der Waals surface area contributed by atoms with Gasteiger partial charge in [0.05, 0.1) is 21.7 Å². The van der Waals surface area contributed by atoms with E-state index < -0.39 is 12.1 Å². The van der Waals surface area contributed by atoms with Crippen molar-refractivity contribution in [1.82, 2.24) is 9.88 Å². The second-order valence-electron chi connectivity index (χ2n) is 6.98. The topological polar surface area (TPSA) is 59.5 Å². The van der Waals surface area contributed by atoms with Crippen molar-refractivity contribution >= 4 is 34.1 Å². The Morgan fingerprint density at radius 1 is 1.11 bits per heavy atom. The van der Waals surface area contributed by atoms with Gasteiger partial charge in [-0.3, -0.25) is 4.79 Å². The van der Waals surface area contributed by atoms with Gasteiger partial charge in [-0.1, -0.05) is 24.3 Å². The summed E-state index contributed by atoms with van der Waals surface area (Å²) < 4.78 is 5.58. The molecule has 1 aromatic carbocycles. The molecule has 0 radical (unpaired) electrons. The number of likely N-dealkylation sites (tertiary alicyclic amines) is 1. The van der Waals surface area contributed by atoms with Crippen molar-refractivity contribution in [3.05, 3.63) is 53.4 Å². The fraction of sp³-hybridized carbons (Fsp3) is 0.318. The molecule has 0 saturated carbocycles. The molecule has 2 aromatic heterocycles. The number of thiophene rings is 1. The van der Waals surface area contributed by atoms with E-state index in [9.17, 15) is 9.59 Å². The fourth-order valence-electron chi connectivity index (χ4n) is 3.54. The Labute approximate surface area is 168 Å². The Morgan fingerprint density at radius 2 is 1.89 bits per heavy atom. The Bertz CT molecular complexity index is 994. The molecule has 1 saturated heterocycles. The largest absolute Gasteiger partial charge is 0.449 e. The lowest BCUT2D eigenvalue weighted by molar-refractivity contribution is -0.140. The zero-order valence-electron chi connectivity index (χ0n) is 15.8. The molecular formula is C22H22N2O3S. The Hall–Kier alpha value is -2.73. The Morgan fingerprint density at radius 3 is 2.64 bits per heavy atom. The minimum absolute atomic E-state index is 0.120. The van der Waals surface area contributed by atoms with Gasteiger partial charge in [-0.2, -0.15) is 0 Å². The van der Waals surface area contributed by atoms with Crippen molar-refractivity contribution < 1.29 is 14.3 Å². The number of esters is 1. The number of carbonyl (C=O) groups is 2. The van der Waals surface area contributed by atoms with E-state index in [1.54, 1.807) is 29.2 Å². The van der Waals surface area contributed by atoms with Crippen LogP contribution in [0.15, 0.2) is 47.8 Å². The molecule has 1 fully saturated rings. The van der Waals surface area contributed by atoms with E-state index in [0.717, 1.165) is 53.8 Å². The minimum Gasteiger partial charge on any atom is -0.449 e. The number of amides is 1. The fourth-order valence-corrected chi connectivity index (χ4v) is 4.23. The predicted octanol–water partition coefficient (Wildman–Crippen LogP) is 4.52. The van der Waals surface area contributed by atoms with Crippen LogP contribution in [0.4, 0.5) is 0 Å². The summed E-state index contributed by atoms with van der Waals surface area (Å²) in [4.78, 5) is 33.0. The second kappa shape index (κ2) is 8.10. The molecule has 4 rings (SSSR count). The number of piperidine rings is 1. The highest BCUT2D eigenvalue weighted by Gasteiger charge is 2.26. The third-order valence-corrected chi connectivity index (χ3v) is 5.90. The summed E-state index contributed by atoms with van der Waals surface area (Å²) >= 11 is 1.57. The predicted molar refractivity (Wildman–Crippen MR) is 110 cm³/mol. The molecule has 5 nitrogen and oxygen atoms in total. The van der Waals surface area contributed by atoms with Crippen LogP contribution < -0.4 is 0 Å². The van der Waals surface area contributed by atoms with Gasteiger partial charge >= 0.3 is 5.97 Å². The first kappa shape index (κ1) is 18.6. The zero-order chi connectivity index (χ0) is 19.5. The number of nitrogens with zero attached hydrogens (tertiary/aromatic N) is 2. The molecular weight excluding hydrogens is 372 g/mol. The zero-order valence-corrected chi connectivity index (χ0v) is 16.6. The molecule has 0 N–H and O–H groups in total. The van der Waals surface area contributed by atoms with Crippen LogP contribution in [0.5, 0.6) is 0 Å². The number of aromatic nitrogens is 1. The van der Waals surface area contributed by atoms with E-state index in [0.29, 0.717) is 5.56 Å². The lowest BCUT2D eigenvalue weighted by atomic mass is 10.1. The summed E-state index contributed by atoms with van der Waals surface area (Å²) in [7, 11) is 0. The monoisotopic (exact) mass is 394 g/mol. The summed E-state index contributed by atoms with van der Waals surface area (Å²) in [5.41, 5.74) is 1.90. The minimum atomic E-state index is -0.803. The van der Waals surface area contributed by atoms with E-state index in [1.165, 1.54) is 0 Å². The van der Waals surface area contributed by atoms with Crippen LogP contribution in [-0.2, 0) is 9.53 Å². The van der Waals surface area contributed by atoms with Gasteiger partial charge in [0.1, 0.15) is 0 Å². The van der Waals surface area contributed by atoms with E-state index in [4.69, 9.17) is 4.74 Å². The van der Waals surface area contributed by atoms with Crippen molar-refractivity contribution in [1.29, 1.82) is 0 Å². The van der Waals surface area contributed by atoms with Crippen LogP contribution in [-0.4, -0.2) is 41.0 Å². The number of fused-ring (bicyclic) bond motifs is 1. The molecule has 1 aliphatic heterocycles. The maximum atomic E-state index is 13.0.